The number of alkyl halides is 2. The molecule has 12 heavy (non-hydrogen) atoms. The van der Waals surface area contributed by atoms with Crippen molar-refractivity contribution >= 4 is 0 Å². The lowest BCUT2D eigenvalue weighted by Crippen LogP contribution is -2.10. The van der Waals surface area contributed by atoms with E-state index in [0.717, 1.165) is 5.56 Å². The topological polar surface area (TPSA) is 23.3 Å². The number of hydroxylamine groups is 1. The van der Waals surface area contributed by atoms with Gasteiger partial charge >= 0.3 is 6.61 Å². The second kappa shape index (κ2) is 4.79. The Morgan fingerprint density at radius 3 is 2.50 bits per heavy atom. The summed E-state index contributed by atoms with van der Waals surface area (Å²) in [7, 11) is 0. The third kappa shape index (κ3) is 3.41. The number of benzene rings is 1. The van der Waals surface area contributed by atoms with Gasteiger partial charge in [0.2, 0.25) is 0 Å². The van der Waals surface area contributed by atoms with Crippen molar-refractivity contribution in [2.45, 2.75) is 13.2 Å². The normalized spacial score (nSPS) is 10.6. The van der Waals surface area contributed by atoms with Crippen LogP contribution in [0, 0.1) is 0 Å². The van der Waals surface area contributed by atoms with E-state index in [2.05, 4.69) is 10.3 Å². The lowest BCUT2D eigenvalue weighted by atomic mass is 10.2. The van der Waals surface area contributed by atoms with Gasteiger partial charge < -0.3 is 0 Å². The third-order valence-corrected chi connectivity index (χ3v) is 1.24. The molecule has 0 heterocycles. The molecule has 0 bridgehead atoms. The molecule has 0 atom stereocenters. The summed E-state index contributed by atoms with van der Waals surface area (Å²) in [5.74, 6) is 0. The van der Waals surface area contributed by atoms with E-state index in [4.69, 9.17) is 0 Å². The smallest absolute Gasteiger partial charge is 0.214 e. The molecule has 2 nitrogen and oxygen atoms in total. The Morgan fingerprint density at radius 2 is 1.92 bits per heavy atom. The van der Waals surface area contributed by atoms with Crippen LogP contribution in [0.3, 0.4) is 0 Å². The molecule has 0 aliphatic heterocycles. The van der Waals surface area contributed by atoms with Crippen molar-refractivity contribution in [3.8, 4) is 0 Å². The Labute approximate surface area is 69.1 Å². The largest absolute Gasteiger partial charge is 0.361 e. The van der Waals surface area contributed by atoms with Gasteiger partial charge in [-0.25, -0.2) is 4.84 Å². The van der Waals surface area contributed by atoms with Crippen LogP contribution in [0.2, 0.25) is 0 Å². The number of halogens is 2. The molecule has 0 unspecified atom stereocenters. The van der Waals surface area contributed by atoms with Crippen molar-refractivity contribution in [1.29, 1.82) is 0 Å². The zero-order chi connectivity index (χ0) is 8.81. The van der Waals surface area contributed by atoms with Gasteiger partial charge in [-0.3, -0.25) is 0 Å². The van der Waals surface area contributed by atoms with Gasteiger partial charge in [0.15, 0.2) is 0 Å². The monoisotopic (exact) mass is 172 g/mol. The molecule has 0 saturated heterocycles. The van der Waals surface area contributed by atoms with E-state index < -0.39 is 6.61 Å². The van der Waals surface area contributed by atoms with Gasteiger partial charge in [0.05, 0.1) is 6.54 Å². The number of rotatable bonds is 4. The molecule has 0 fully saturated rings. The van der Waals surface area contributed by atoms with Crippen molar-refractivity contribution < 1.29 is 13.6 Å². The standard InChI is InChI=1S/C8H8F2NO/c9-8(10)12-11-6-7-4-2-1-3-5-7/h1-5,8H,6H2. The first-order valence-corrected chi connectivity index (χ1v) is 3.44. The zero-order valence-corrected chi connectivity index (χ0v) is 6.28. The summed E-state index contributed by atoms with van der Waals surface area (Å²) in [6.45, 7) is -2.67. The van der Waals surface area contributed by atoms with Gasteiger partial charge in [-0.2, -0.15) is 8.78 Å². The predicted molar refractivity (Wildman–Crippen MR) is 39.4 cm³/mol. The van der Waals surface area contributed by atoms with E-state index in [-0.39, 0.29) is 6.54 Å². The van der Waals surface area contributed by atoms with Crippen LogP contribution in [0.4, 0.5) is 8.78 Å². The summed E-state index contributed by atoms with van der Waals surface area (Å²) in [5, 5.41) is 0. The molecular formula is C8H8F2NO. The Bertz CT molecular complexity index is 216. The molecule has 4 heteroatoms. The molecule has 1 aromatic carbocycles. The predicted octanol–water partition coefficient (Wildman–Crippen LogP) is 1.95. The third-order valence-electron chi connectivity index (χ3n) is 1.24. The molecule has 0 aliphatic rings. The molecule has 0 amide bonds. The Balaban J connectivity index is 2.25. The van der Waals surface area contributed by atoms with Crippen molar-refractivity contribution in [1.82, 2.24) is 5.48 Å². The number of hydrogen-bond donors (Lipinski definition) is 0. The SMILES string of the molecule is FC(F)O[N]Cc1ccccc1. The quantitative estimate of drug-likeness (QED) is 0.636. The summed E-state index contributed by atoms with van der Waals surface area (Å²) in [6.07, 6.45) is 0. The van der Waals surface area contributed by atoms with E-state index in [9.17, 15) is 8.78 Å². The second-order valence-electron chi connectivity index (χ2n) is 2.14. The highest BCUT2D eigenvalue weighted by Gasteiger charge is 2.01. The summed E-state index contributed by atoms with van der Waals surface area (Å²) in [4.78, 5) is 3.74. The molecule has 0 aromatic heterocycles. The van der Waals surface area contributed by atoms with Crippen LogP contribution in [0.5, 0.6) is 0 Å². The van der Waals surface area contributed by atoms with Crippen molar-refractivity contribution in [3.05, 3.63) is 35.9 Å². The molecule has 65 valence electrons. The average Bonchev–Trinajstić information content (AvgIpc) is 2.05. The maximum atomic E-state index is 11.4. The van der Waals surface area contributed by atoms with Crippen molar-refractivity contribution in [3.63, 3.8) is 0 Å². The van der Waals surface area contributed by atoms with Crippen molar-refractivity contribution in [2.75, 3.05) is 0 Å². The Kier molecular flexibility index (Phi) is 3.63. The van der Waals surface area contributed by atoms with Crippen LogP contribution < -0.4 is 5.48 Å². The van der Waals surface area contributed by atoms with E-state index in [0.29, 0.717) is 0 Å². The molecule has 1 radical (unpaired) electrons. The number of nitrogens with zero attached hydrogens (tertiary/aromatic N) is 1. The average molecular weight is 172 g/mol. The summed E-state index contributed by atoms with van der Waals surface area (Å²) in [5.41, 5.74) is 4.04. The van der Waals surface area contributed by atoms with E-state index in [1.54, 1.807) is 12.1 Å². The Hall–Kier alpha value is -1.00. The molecule has 1 rings (SSSR count). The minimum Gasteiger partial charge on any atom is -0.214 e. The van der Waals surface area contributed by atoms with E-state index in [1.807, 2.05) is 18.2 Å². The molecular weight excluding hydrogens is 164 g/mol. The second-order valence-corrected chi connectivity index (χ2v) is 2.14. The molecule has 0 N–H and O–H groups in total. The van der Waals surface area contributed by atoms with Crippen LogP contribution >= 0.6 is 0 Å². The minimum absolute atomic E-state index is 0.158. The summed E-state index contributed by atoms with van der Waals surface area (Å²) in [6, 6.07) is 9.05. The van der Waals surface area contributed by atoms with E-state index >= 15 is 0 Å². The maximum absolute atomic E-state index is 11.4. The lowest BCUT2D eigenvalue weighted by Gasteiger charge is -2.00. The fourth-order valence-corrected chi connectivity index (χ4v) is 0.752. The lowest BCUT2D eigenvalue weighted by molar-refractivity contribution is -0.179. The van der Waals surface area contributed by atoms with Gasteiger partial charge in [0.25, 0.3) is 0 Å². The fraction of sp³-hybridized carbons (Fsp3) is 0.250. The molecule has 0 spiro atoms. The highest BCUT2D eigenvalue weighted by Crippen LogP contribution is 1.99. The van der Waals surface area contributed by atoms with Gasteiger partial charge in [0.1, 0.15) is 0 Å². The summed E-state index contributed by atoms with van der Waals surface area (Å²) >= 11 is 0. The van der Waals surface area contributed by atoms with Crippen LogP contribution in [0.25, 0.3) is 0 Å². The van der Waals surface area contributed by atoms with E-state index in [1.165, 1.54) is 0 Å². The first-order valence-electron chi connectivity index (χ1n) is 3.44. The van der Waals surface area contributed by atoms with Crippen LogP contribution in [-0.4, -0.2) is 6.61 Å². The van der Waals surface area contributed by atoms with Crippen LogP contribution in [0.15, 0.2) is 30.3 Å². The highest BCUT2D eigenvalue weighted by atomic mass is 19.3. The van der Waals surface area contributed by atoms with Crippen molar-refractivity contribution in [2.24, 2.45) is 0 Å². The first kappa shape index (κ1) is 9.09. The first-order chi connectivity index (χ1) is 5.79. The van der Waals surface area contributed by atoms with Gasteiger partial charge in [0, 0.05) is 0 Å². The Morgan fingerprint density at radius 1 is 1.25 bits per heavy atom. The maximum Gasteiger partial charge on any atom is 0.361 e. The fourth-order valence-electron chi connectivity index (χ4n) is 0.752. The highest BCUT2D eigenvalue weighted by molar-refractivity contribution is 5.13. The van der Waals surface area contributed by atoms with Gasteiger partial charge in [-0.15, -0.1) is 0 Å². The van der Waals surface area contributed by atoms with Gasteiger partial charge in [-0.05, 0) is 5.56 Å². The number of hydrogen-bond acceptors (Lipinski definition) is 1. The minimum atomic E-state index is -2.83. The molecule has 0 aliphatic carbocycles. The molecule has 1 aromatic rings. The van der Waals surface area contributed by atoms with Crippen LogP contribution in [0.1, 0.15) is 5.56 Å². The summed E-state index contributed by atoms with van der Waals surface area (Å²) < 4.78 is 22.8. The zero-order valence-electron chi connectivity index (χ0n) is 6.28. The molecule has 0 saturated carbocycles. The van der Waals surface area contributed by atoms with Gasteiger partial charge in [-0.1, -0.05) is 35.8 Å². The van der Waals surface area contributed by atoms with Crippen LogP contribution in [-0.2, 0) is 11.4 Å².